The van der Waals surface area contributed by atoms with Crippen LogP contribution < -0.4 is 5.32 Å². The van der Waals surface area contributed by atoms with E-state index < -0.39 is 11.4 Å². The lowest BCUT2D eigenvalue weighted by Gasteiger charge is -2.35. The van der Waals surface area contributed by atoms with Crippen LogP contribution in [0.3, 0.4) is 0 Å². The van der Waals surface area contributed by atoms with Gasteiger partial charge in [0.1, 0.15) is 4.60 Å². The lowest BCUT2D eigenvalue weighted by molar-refractivity contribution is -0.150. The third-order valence-corrected chi connectivity index (χ3v) is 5.25. The van der Waals surface area contributed by atoms with Crippen molar-refractivity contribution in [3.63, 3.8) is 0 Å². The molecule has 1 saturated carbocycles. The van der Waals surface area contributed by atoms with Gasteiger partial charge in [-0.25, -0.2) is 4.98 Å². The van der Waals surface area contributed by atoms with E-state index in [2.05, 4.69) is 33.2 Å². The number of carboxylic acid groups (broad SMARTS) is 1. The Bertz CT molecular complexity index is 427. The molecule has 2 N–H and O–H groups in total. The molecule has 1 aromatic rings. The van der Waals surface area contributed by atoms with E-state index in [0.29, 0.717) is 12.5 Å². The van der Waals surface area contributed by atoms with Crippen LogP contribution >= 0.6 is 27.3 Å². The normalized spacial score (nSPS) is 28.0. The van der Waals surface area contributed by atoms with E-state index in [1.54, 1.807) is 0 Å². The molecule has 0 unspecified atom stereocenters. The van der Waals surface area contributed by atoms with Crippen molar-refractivity contribution in [3.05, 3.63) is 9.98 Å². The Balaban J connectivity index is 2.00. The molecule has 4 nitrogen and oxygen atoms in total. The van der Waals surface area contributed by atoms with E-state index in [0.717, 1.165) is 35.4 Å². The zero-order valence-electron chi connectivity index (χ0n) is 10.3. The molecular formula is C12H17BrN2O2S. The Hall–Kier alpha value is -0.620. The number of anilines is 1. The Labute approximate surface area is 119 Å². The number of hydrogen-bond donors (Lipinski definition) is 2. The Kier molecular flexibility index (Phi) is 4.27. The van der Waals surface area contributed by atoms with Gasteiger partial charge in [0.25, 0.3) is 0 Å². The molecule has 100 valence electrons. The summed E-state index contributed by atoms with van der Waals surface area (Å²) in [6.07, 6.45) is 3.50. The summed E-state index contributed by atoms with van der Waals surface area (Å²) < 4.78 is 0.789. The second-order valence-corrected chi connectivity index (χ2v) is 6.77. The van der Waals surface area contributed by atoms with Gasteiger partial charge in [-0.2, -0.15) is 0 Å². The third kappa shape index (κ3) is 3.03. The van der Waals surface area contributed by atoms with E-state index in [-0.39, 0.29) is 0 Å². The summed E-state index contributed by atoms with van der Waals surface area (Å²) in [6, 6.07) is 0. The van der Waals surface area contributed by atoms with Gasteiger partial charge in [-0.1, -0.05) is 6.92 Å². The number of carboxylic acids is 1. The number of nitrogens with one attached hydrogen (secondary N) is 1. The minimum Gasteiger partial charge on any atom is -0.481 e. The average molecular weight is 333 g/mol. The molecule has 1 aliphatic rings. The van der Waals surface area contributed by atoms with Crippen LogP contribution in [0.25, 0.3) is 0 Å². The van der Waals surface area contributed by atoms with Gasteiger partial charge in [0, 0.05) is 11.9 Å². The van der Waals surface area contributed by atoms with Crippen molar-refractivity contribution in [2.45, 2.75) is 32.6 Å². The van der Waals surface area contributed by atoms with Gasteiger partial charge in [0.2, 0.25) is 0 Å². The molecule has 1 heterocycles. The SMILES string of the molecule is CC1CCC(CNc2nc(Br)cs2)(C(=O)O)CC1. The molecule has 0 spiro atoms. The summed E-state index contributed by atoms with van der Waals surface area (Å²) in [7, 11) is 0. The van der Waals surface area contributed by atoms with E-state index in [1.165, 1.54) is 11.3 Å². The number of nitrogens with zero attached hydrogens (tertiary/aromatic N) is 1. The maximum Gasteiger partial charge on any atom is 0.311 e. The first-order chi connectivity index (χ1) is 8.52. The molecule has 0 saturated heterocycles. The molecule has 0 bridgehead atoms. The largest absolute Gasteiger partial charge is 0.481 e. The molecule has 0 aromatic carbocycles. The number of aliphatic carboxylic acids is 1. The van der Waals surface area contributed by atoms with Gasteiger partial charge in [-0.05, 0) is 47.5 Å². The maximum absolute atomic E-state index is 11.5. The summed E-state index contributed by atoms with van der Waals surface area (Å²) in [5.74, 6) is -0.0380. The van der Waals surface area contributed by atoms with Crippen molar-refractivity contribution in [2.75, 3.05) is 11.9 Å². The Morgan fingerprint density at radius 3 is 2.83 bits per heavy atom. The fourth-order valence-electron chi connectivity index (χ4n) is 2.36. The molecule has 0 amide bonds. The van der Waals surface area contributed by atoms with Crippen molar-refractivity contribution in [1.29, 1.82) is 0 Å². The summed E-state index contributed by atoms with van der Waals surface area (Å²) >= 11 is 4.78. The quantitative estimate of drug-likeness (QED) is 0.884. The van der Waals surface area contributed by atoms with Gasteiger partial charge < -0.3 is 10.4 Å². The minimum absolute atomic E-state index is 0.467. The number of carbonyl (C=O) groups is 1. The van der Waals surface area contributed by atoms with Crippen LogP contribution in [0.15, 0.2) is 9.98 Å². The summed E-state index contributed by atoms with van der Waals surface area (Å²) in [4.78, 5) is 15.8. The van der Waals surface area contributed by atoms with Crippen LogP contribution in [0, 0.1) is 11.3 Å². The second-order valence-electron chi connectivity index (χ2n) is 5.10. The summed E-state index contributed by atoms with van der Waals surface area (Å²) in [5.41, 5.74) is -0.620. The van der Waals surface area contributed by atoms with E-state index >= 15 is 0 Å². The first-order valence-electron chi connectivity index (χ1n) is 6.10. The fraction of sp³-hybridized carbons (Fsp3) is 0.667. The smallest absolute Gasteiger partial charge is 0.311 e. The highest BCUT2D eigenvalue weighted by Crippen LogP contribution is 2.39. The monoisotopic (exact) mass is 332 g/mol. The van der Waals surface area contributed by atoms with Crippen LogP contribution in [-0.4, -0.2) is 22.6 Å². The molecule has 2 rings (SSSR count). The predicted molar refractivity (Wildman–Crippen MR) is 76.0 cm³/mol. The molecule has 1 aromatic heterocycles. The first-order valence-corrected chi connectivity index (χ1v) is 7.77. The van der Waals surface area contributed by atoms with Gasteiger partial charge in [-0.15, -0.1) is 11.3 Å². The van der Waals surface area contributed by atoms with Crippen molar-refractivity contribution < 1.29 is 9.90 Å². The maximum atomic E-state index is 11.5. The predicted octanol–water partition coefficient (Wildman–Crippen LogP) is 3.60. The van der Waals surface area contributed by atoms with E-state index in [9.17, 15) is 9.90 Å². The van der Waals surface area contributed by atoms with Crippen molar-refractivity contribution >= 4 is 38.4 Å². The molecule has 18 heavy (non-hydrogen) atoms. The van der Waals surface area contributed by atoms with Crippen LogP contribution in [0.4, 0.5) is 5.13 Å². The third-order valence-electron chi connectivity index (χ3n) is 3.74. The second kappa shape index (κ2) is 5.57. The zero-order chi connectivity index (χ0) is 13.2. The average Bonchev–Trinajstić information content (AvgIpc) is 2.75. The van der Waals surface area contributed by atoms with Crippen LogP contribution in [0.2, 0.25) is 0 Å². The van der Waals surface area contributed by atoms with Crippen molar-refractivity contribution in [3.8, 4) is 0 Å². The van der Waals surface area contributed by atoms with Gasteiger partial charge in [-0.3, -0.25) is 4.79 Å². The molecule has 0 aliphatic heterocycles. The van der Waals surface area contributed by atoms with Gasteiger partial charge in [0.05, 0.1) is 5.41 Å². The fourth-order valence-corrected chi connectivity index (χ4v) is 3.50. The Morgan fingerprint density at radius 1 is 1.67 bits per heavy atom. The number of rotatable bonds is 4. The summed E-state index contributed by atoms with van der Waals surface area (Å²) in [6.45, 7) is 2.66. The lowest BCUT2D eigenvalue weighted by atomic mass is 9.71. The molecule has 0 radical (unpaired) electrons. The molecule has 1 aliphatic carbocycles. The molecule has 6 heteroatoms. The van der Waals surface area contributed by atoms with Gasteiger partial charge in [0.15, 0.2) is 5.13 Å². The molecule has 0 atom stereocenters. The van der Waals surface area contributed by atoms with Crippen LogP contribution in [0.1, 0.15) is 32.6 Å². The number of hydrogen-bond acceptors (Lipinski definition) is 4. The van der Waals surface area contributed by atoms with Crippen LogP contribution in [-0.2, 0) is 4.79 Å². The Morgan fingerprint density at radius 2 is 2.33 bits per heavy atom. The lowest BCUT2D eigenvalue weighted by Crippen LogP contribution is -2.41. The van der Waals surface area contributed by atoms with Gasteiger partial charge >= 0.3 is 5.97 Å². The standard InChI is InChI=1S/C12H17BrN2O2S/c1-8-2-4-12(5-3-8,10(16)17)7-14-11-15-9(13)6-18-11/h6,8H,2-5,7H2,1H3,(H,14,15)(H,16,17). The molecule has 1 fully saturated rings. The van der Waals surface area contributed by atoms with Crippen molar-refractivity contribution in [2.24, 2.45) is 11.3 Å². The van der Waals surface area contributed by atoms with Crippen LogP contribution in [0.5, 0.6) is 0 Å². The van der Waals surface area contributed by atoms with Crippen molar-refractivity contribution in [1.82, 2.24) is 4.98 Å². The minimum atomic E-state index is -0.683. The number of aromatic nitrogens is 1. The highest BCUT2D eigenvalue weighted by Gasteiger charge is 2.41. The molecular weight excluding hydrogens is 316 g/mol. The topological polar surface area (TPSA) is 62.2 Å². The summed E-state index contributed by atoms with van der Waals surface area (Å²) in [5, 5.41) is 15.3. The van der Waals surface area contributed by atoms with E-state index in [4.69, 9.17) is 0 Å². The first kappa shape index (κ1) is 13.8. The highest BCUT2D eigenvalue weighted by atomic mass is 79.9. The number of halogens is 1. The highest BCUT2D eigenvalue weighted by molar-refractivity contribution is 9.10. The van der Waals surface area contributed by atoms with E-state index in [1.807, 2.05) is 5.38 Å². The zero-order valence-corrected chi connectivity index (χ0v) is 12.7. The number of thiazole rings is 1.